The summed E-state index contributed by atoms with van der Waals surface area (Å²) in [6.07, 6.45) is -12.1. The van der Waals surface area contributed by atoms with Gasteiger partial charge in [0.1, 0.15) is 11.3 Å². The van der Waals surface area contributed by atoms with Crippen LogP contribution in [0.5, 0.6) is 5.75 Å². The molecule has 0 unspecified atom stereocenters. The van der Waals surface area contributed by atoms with Crippen molar-refractivity contribution in [2.24, 2.45) is 0 Å². The molecule has 0 fully saturated rings. The van der Waals surface area contributed by atoms with E-state index in [1.807, 2.05) is 0 Å². The molecule has 2 aromatic rings. The lowest BCUT2D eigenvalue weighted by atomic mass is 9.88. The van der Waals surface area contributed by atoms with Crippen LogP contribution in [0.15, 0.2) is 30.3 Å². The summed E-state index contributed by atoms with van der Waals surface area (Å²) in [6.45, 7) is 2.47. The third kappa shape index (κ3) is 6.65. The van der Waals surface area contributed by atoms with Gasteiger partial charge < -0.3 is 18.9 Å². The fourth-order valence-electron chi connectivity index (χ4n) is 4.79. The monoisotopic (exact) mass is 606 g/mol. The fourth-order valence-corrected chi connectivity index (χ4v) is 4.79. The van der Waals surface area contributed by atoms with Crippen LogP contribution in [0.2, 0.25) is 0 Å². The minimum absolute atomic E-state index is 0.0000592. The second kappa shape index (κ2) is 12.4. The maximum Gasteiger partial charge on any atom is 0.416 e. The first-order valence-electron chi connectivity index (χ1n) is 12.5. The van der Waals surface area contributed by atoms with Gasteiger partial charge in [-0.15, -0.1) is 0 Å². The first-order valence-corrected chi connectivity index (χ1v) is 12.5. The van der Waals surface area contributed by atoms with E-state index in [2.05, 4.69) is 0 Å². The molecule has 2 aromatic carbocycles. The normalized spacial score (nSPS) is 16.8. The largest absolute Gasteiger partial charge is 0.496 e. The second-order valence-corrected chi connectivity index (χ2v) is 9.28. The van der Waals surface area contributed by atoms with Gasteiger partial charge in [-0.2, -0.15) is 26.3 Å². The van der Waals surface area contributed by atoms with Crippen molar-refractivity contribution in [3.8, 4) is 5.75 Å². The van der Waals surface area contributed by atoms with E-state index in [0.29, 0.717) is 12.1 Å². The van der Waals surface area contributed by atoms with Gasteiger partial charge in [0.2, 0.25) is 0 Å². The molecule has 15 heteroatoms. The molecule has 0 saturated carbocycles. The van der Waals surface area contributed by atoms with Gasteiger partial charge in [-0.3, -0.25) is 9.80 Å². The number of rotatable bonds is 6. The maximum absolute atomic E-state index is 13.5. The summed E-state index contributed by atoms with van der Waals surface area (Å²) in [7, 11) is 3.37. The summed E-state index contributed by atoms with van der Waals surface area (Å²) in [5, 5.41) is 0. The van der Waals surface area contributed by atoms with Crippen molar-refractivity contribution < 1.29 is 59.7 Å². The number of anilines is 1. The molecule has 42 heavy (non-hydrogen) atoms. The number of carbonyl (C=O) groups excluding carboxylic acids is 3. The van der Waals surface area contributed by atoms with Crippen molar-refractivity contribution in [3.05, 3.63) is 58.1 Å². The summed E-state index contributed by atoms with van der Waals surface area (Å²) in [6, 6.07) is 1.83. The lowest BCUT2D eigenvalue weighted by Gasteiger charge is -2.42. The minimum Gasteiger partial charge on any atom is -0.496 e. The van der Waals surface area contributed by atoms with Crippen molar-refractivity contribution in [2.45, 2.75) is 51.2 Å². The first kappa shape index (κ1) is 32.3. The molecule has 2 amide bonds. The van der Waals surface area contributed by atoms with Crippen LogP contribution in [-0.4, -0.2) is 57.0 Å². The Labute approximate surface area is 236 Å². The SMILES string of the molecule is CCOC(=O)N1c2cc(OC)c(C(=O)OC)cc2[C@@H](N(Cc2cc(C(F)(F)F)cc(C(F)(F)F)c2)C(=O)OC)C[C@H]1C. The first-order chi connectivity index (χ1) is 19.6. The minimum atomic E-state index is -5.11. The number of alkyl halides is 6. The van der Waals surface area contributed by atoms with E-state index < -0.39 is 65.8 Å². The Morgan fingerprint density at radius 3 is 2.00 bits per heavy atom. The van der Waals surface area contributed by atoms with Crippen molar-refractivity contribution in [1.29, 1.82) is 0 Å². The quantitative estimate of drug-likeness (QED) is 0.208. The van der Waals surface area contributed by atoms with Gasteiger partial charge >= 0.3 is 30.5 Å². The van der Waals surface area contributed by atoms with Crippen molar-refractivity contribution in [2.75, 3.05) is 32.8 Å². The molecule has 1 heterocycles. The number of ether oxygens (including phenoxy) is 4. The second-order valence-electron chi connectivity index (χ2n) is 9.28. The average molecular weight is 607 g/mol. The number of esters is 1. The fraction of sp³-hybridized carbons (Fsp3) is 0.444. The predicted molar refractivity (Wildman–Crippen MR) is 135 cm³/mol. The van der Waals surface area contributed by atoms with Gasteiger partial charge in [-0.1, -0.05) is 0 Å². The number of amides is 2. The molecule has 0 N–H and O–H groups in total. The molecule has 0 radical (unpaired) electrons. The van der Waals surface area contributed by atoms with E-state index in [1.165, 1.54) is 24.1 Å². The predicted octanol–water partition coefficient (Wildman–Crippen LogP) is 6.58. The molecule has 9 nitrogen and oxygen atoms in total. The molecule has 0 saturated heterocycles. The van der Waals surface area contributed by atoms with E-state index >= 15 is 0 Å². The Balaban J connectivity index is 2.26. The lowest BCUT2D eigenvalue weighted by Crippen LogP contribution is -2.47. The van der Waals surface area contributed by atoms with E-state index in [4.69, 9.17) is 18.9 Å². The van der Waals surface area contributed by atoms with E-state index in [1.54, 1.807) is 13.8 Å². The molecular weight excluding hydrogens is 578 g/mol. The van der Waals surface area contributed by atoms with Crippen LogP contribution in [0, 0.1) is 0 Å². The van der Waals surface area contributed by atoms with Crippen LogP contribution in [0.4, 0.5) is 41.6 Å². The highest BCUT2D eigenvalue weighted by atomic mass is 19.4. The number of carbonyl (C=O) groups is 3. The zero-order valence-corrected chi connectivity index (χ0v) is 23.2. The molecular formula is C27H28F6N2O7. The number of nitrogens with zero attached hydrogens (tertiary/aromatic N) is 2. The van der Waals surface area contributed by atoms with E-state index in [0.717, 1.165) is 19.1 Å². The number of halogens is 6. The van der Waals surface area contributed by atoms with Gasteiger partial charge in [0.25, 0.3) is 0 Å². The van der Waals surface area contributed by atoms with Gasteiger partial charge in [-0.25, -0.2) is 14.4 Å². The highest BCUT2D eigenvalue weighted by Crippen LogP contribution is 2.45. The zero-order valence-electron chi connectivity index (χ0n) is 23.2. The third-order valence-corrected chi connectivity index (χ3v) is 6.63. The number of methoxy groups -OCH3 is 3. The van der Waals surface area contributed by atoms with Crippen molar-refractivity contribution in [1.82, 2.24) is 4.90 Å². The zero-order chi connectivity index (χ0) is 31.6. The van der Waals surface area contributed by atoms with Gasteiger partial charge in [0.05, 0.1) is 50.8 Å². The Hall–Kier alpha value is -4.17. The summed E-state index contributed by atoms with van der Waals surface area (Å²) < 4.78 is 101. The highest BCUT2D eigenvalue weighted by Gasteiger charge is 2.42. The molecule has 0 bridgehead atoms. The average Bonchev–Trinajstić information content (AvgIpc) is 2.92. The van der Waals surface area contributed by atoms with Crippen LogP contribution < -0.4 is 9.64 Å². The summed E-state index contributed by atoms with van der Waals surface area (Å²) in [5.74, 6) is -0.841. The summed E-state index contributed by atoms with van der Waals surface area (Å²) in [5.41, 5.74) is -3.41. The van der Waals surface area contributed by atoms with Crippen LogP contribution in [-0.2, 0) is 33.1 Å². The van der Waals surface area contributed by atoms with Gasteiger partial charge in [-0.05, 0) is 55.7 Å². The summed E-state index contributed by atoms with van der Waals surface area (Å²) >= 11 is 0. The molecule has 0 aromatic heterocycles. The van der Waals surface area contributed by atoms with Gasteiger partial charge in [0.15, 0.2) is 0 Å². The number of benzene rings is 2. The standard InChI is InChI=1S/C27H28F6N2O7/c1-6-42-25(38)35-14(2)7-20(18-11-19(23(36)40-4)22(39-3)12-21(18)35)34(24(37)41-5)13-15-8-16(26(28,29)30)10-17(9-15)27(31,32)33/h8-12,14,20H,6-7,13H2,1-5H3/t14-,20+/m1/s1. The maximum atomic E-state index is 13.5. The Morgan fingerprint density at radius 1 is 0.929 bits per heavy atom. The van der Waals surface area contributed by atoms with Crippen LogP contribution in [0.1, 0.15) is 58.9 Å². The summed E-state index contributed by atoms with van der Waals surface area (Å²) in [4.78, 5) is 40.7. The van der Waals surface area contributed by atoms with E-state index in [9.17, 15) is 40.7 Å². The molecule has 230 valence electrons. The number of fused-ring (bicyclic) bond motifs is 1. The Morgan fingerprint density at radius 2 is 1.52 bits per heavy atom. The molecule has 2 atom stereocenters. The third-order valence-electron chi connectivity index (χ3n) is 6.63. The van der Waals surface area contributed by atoms with E-state index in [-0.39, 0.29) is 41.7 Å². The molecule has 0 spiro atoms. The van der Waals surface area contributed by atoms with Crippen LogP contribution >= 0.6 is 0 Å². The Bertz CT molecular complexity index is 1310. The number of hydrogen-bond acceptors (Lipinski definition) is 7. The topological polar surface area (TPSA) is 94.6 Å². The highest BCUT2D eigenvalue weighted by molar-refractivity contribution is 5.96. The number of hydrogen-bond donors (Lipinski definition) is 0. The van der Waals surface area contributed by atoms with Crippen LogP contribution in [0.25, 0.3) is 0 Å². The lowest BCUT2D eigenvalue weighted by molar-refractivity contribution is -0.143. The van der Waals surface area contributed by atoms with Crippen molar-refractivity contribution >= 4 is 23.8 Å². The smallest absolute Gasteiger partial charge is 0.416 e. The van der Waals surface area contributed by atoms with Crippen molar-refractivity contribution in [3.63, 3.8) is 0 Å². The Kier molecular flexibility index (Phi) is 9.53. The molecule has 0 aliphatic carbocycles. The molecule has 3 rings (SSSR count). The molecule has 1 aliphatic rings. The molecule has 1 aliphatic heterocycles. The van der Waals surface area contributed by atoms with Gasteiger partial charge in [0, 0.05) is 18.7 Å². The van der Waals surface area contributed by atoms with Crippen LogP contribution in [0.3, 0.4) is 0 Å².